The van der Waals surface area contributed by atoms with Crippen LogP contribution in [0, 0.1) is 20.8 Å². The molecule has 0 N–H and O–H groups in total. The molecule has 45 heavy (non-hydrogen) atoms. The molecular weight excluding hydrogens is 627 g/mol. The minimum absolute atomic E-state index is 0.00111. The van der Waals surface area contributed by atoms with Crippen LogP contribution in [0.5, 0.6) is 0 Å². The van der Waals surface area contributed by atoms with Gasteiger partial charge in [-0.1, -0.05) is 54.1 Å². The molecule has 0 saturated heterocycles. The lowest BCUT2D eigenvalue weighted by Crippen LogP contribution is -2.45. The van der Waals surface area contributed by atoms with Crippen molar-refractivity contribution in [3.8, 4) is 11.1 Å². The molecule has 0 fully saturated rings. The molecule has 0 saturated carbocycles. The first-order chi connectivity index (χ1) is 20.7. The predicted octanol–water partition coefficient (Wildman–Crippen LogP) is 7.38. The van der Waals surface area contributed by atoms with Gasteiger partial charge >= 0.3 is 6.18 Å². The number of furan rings is 1. The van der Waals surface area contributed by atoms with E-state index in [1.807, 2.05) is 6.92 Å². The summed E-state index contributed by atoms with van der Waals surface area (Å²) in [7, 11) is -8.13. The Hall–Kier alpha value is -3.74. The molecule has 0 aliphatic rings. The predicted molar refractivity (Wildman–Crippen MR) is 165 cm³/mol. The number of nitrogens with zero attached hydrogens (tertiary/aromatic N) is 1. The molecule has 0 atom stereocenters. The van der Waals surface area contributed by atoms with E-state index in [2.05, 4.69) is 0 Å². The summed E-state index contributed by atoms with van der Waals surface area (Å²) in [6.07, 6.45) is -4.75. The van der Waals surface area contributed by atoms with E-state index in [1.165, 1.54) is 32.9 Å². The normalized spacial score (nSPS) is 12.9. The molecule has 4 aromatic rings. The lowest BCUT2D eigenvalue weighted by atomic mass is 10.0. The minimum Gasteiger partial charge on any atom is -0.455 e. The van der Waals surface area contributed by atoms with Gasteiger partial charge in [-0.3, -0.25) is 4.79 Å². The number of carbonyl (C=O) groups excluding carboxylic acids is 1. The van der Waals surface area contributed by atoms with Crippen molar-refractivity contribution in [1.82, 2.24) is 4.31 Å². The molecule has 1 heterocycles. The molecule has 0 amide bonds. The van der Waals surface area contributed by atoms with Crippen LogP contribution in [-0.4, -0.2) is 32.7 Å². The number of rotatable bonds is 10. The molecule has 4 rings (SSSR count). The van der Waals surface area contributed by atoms with Gasteiger partial charge in [0.25, 0.3) is 0 Å². The van der Waals surface area contributed by atoms with Crippen molar-refractivity contribution in [3.63, 3.8) is 0 Å². The Labute approximate surface area is 261 Å². The van der Waals surface area contributed by atoms with Crippen LogP contribution in [0.25, 0.3) is 11.1 Å². The van der Waals surface area contributed by atoms with Gasteiger partial charge < -0.3 is 4.42 Å². The molecule has 0 spiro atoms. The monoisotopic (exact) mass is 661 g/mol. The third kappa shape index (κ3) is 7.23. The summed E-state index contributed by atoms with van der Waals surface area (Å²) < 4.78 is 101. The third-order valence-electron chi connectivity index (χ3n) is 7.46. The summed E-state index contributed by atoms with van der Waals surface area (Å²) >= 11 is 0. The van der Waals surface area contributed by atoms with Gasteiger partial charge in [0.05, 0.1) is 15.3 Å². The summed E-state index contributed by atoms with van der Waals surface area (Å²) in [4.78, 5) is 11.5. The SMILES string of the molecule is CC(=O)CS(=O)(=O)c1cccc(-c2ccc(CN(C(C)(C)c3ccc(C(F)(F)F)o3)S(=O)(=O)c3c(C)cc(C)cc3C)cc2)c1. The quantitative estimate of drug-likeness (QED) is 0.176. The zero-order chi connectivity index (χ0) is 33.5. The highest BCUT2D eigenvalue weighted by molar-refractivity contribution is 7.92. The fraction of sp³-hybridized carbons (Fsp3) is 0.303. The van der Waals surface area contributed by atoms with E-state index >= 15 is 0 Å². The van der Waals surface area contributed by atoms with E-state index < -0.39 is 48.9 Å². The lowest BCUT2D eigenvalue weighted by Gasteiger charge is -2.37. The van der Waals surface area contributed by atoms with Crippen molar-refractivity contribution < 1.29 is 39.2 Å². The van der Waals surface area contributed by atoms with Crippen LogP contribution in [-0.2, 0) is 42.9 Å². The molecule has 12 heteroatoms. The molecule has 0 radical (unpaired) electrons. The van der Waals surface area contributed by atoms with Crippen molar-refractivity contribution in [1.29, 1.82) is 0 Å². The van der Waals surface area contributed by atoms with Crippen molar-refractivity contribution in [3.05, 3.63) is 107 Å². The van der Waals surface area contributed by atoms with Gasteiger partial charge in [0.1, 0.15) is 17.3 Å². The van der Waals surface area contributed by atoms with Gasteiger partial charge in [-0.2, -0.15) is 17.5 Å². The van der Waals surface area contributed by atoms with Crippen LogP contribution < -0.4 is 0 Å². The maximum absolute atomic E-state index is 14.4. The van der Waals surface area contributed by atoms with Crippen molar-refractivity contribution in [2.45, 2.75) is 69.6 Å². The van der Waals surface area contributed by atoms with E-state index in [4.69, 9.17) is 4.42 Å². The molecular formula is C33H34F3NO6S2. The summed E-state index contributed by atoms with van der Waals surface area (Å²) in [5.74, 6) is -2.51. The molecule has 0 aliphatic carbocycles. The second-order valence-electron chi connectivity index (χ2n) is 11.6. The van der Waals surface area contributed by atoms with Crippen molar-refractivity contribution >= 4 is 25.6 Å². The highest BCUT2D eigenvalue weighted by Crippen LogP contribution is 2.40. The number of halogens is 3. The lowest BCUT2D eigenvalue weighted by molar-refractivity contribution is -0.154. The number of sulfonamides is 1. The molecule has 0 aliphatic heterocycles. The van der Waals surface area contributed by atoms with E-state index in [9.17, 15) is 34.8 Å². The Bertz CT molecular complexity index is 1940. The molecule has 1 aromatic heterocycles. The first-order valence-corrected chi connectivity index (χ1v) is 17.0. The third-order valence-corrected chi connectivity index (χ3v) is 11.5. The fourth-order valence-corrected chi connectivity index (χ4v) is 8.85. The zero-order valence-corrected chi connectivity index (χ0v) is 27.3. The Morgan fingerprint density at radius 2 is 1.38 bits per heavy atom. The highest BCUT2D eigenvalue weighted by atomic mass is 32.2. The zero-order valence-electron chi connectivity index (χ0n) is 25.7. The molecule has 0 bridgehead atoms. The molecule has 3 aromatic carbocycles. The highest BCUT2D eigenvalue weighted by Gasteiger charge is 2.44. The van der Waals surface area contributed by atoms with Gasteiger partial charge in [0, 0.05) is 6.54 Å². The number of alkyl halides is 3. The first-order valence-electron chi connectivity index (χ1n) is 13.9. The second kappa shape index (κ2) is 12.2. The van der Waals surface area contributed by atoms with Gasteiger partial charge in [-0.25, -0.2) is 16.8 Å². The van der Waals surface area contributed by atoms with E-state index in [0.717, 1.165) is 22.0 Å². The number of hydrogen-bond acceptors (Lipinski definition) is 6. The van der Waals surface area contributed by atoms with Crippen LogP contribution in [0.3, 0.4) is 0 Å². The fourth-order valence-electron chi connectivity index (χ4n) is 5.40. The van der Waals surface area contributed by atoms with Crippen molar-refractivity contribution in [2.24, 2.45) is 0 Å². The van der Waals surface area contributed by atoms with Gasteiger partial charge in [0.15, 0.2) is 9.84 Å². The van der Waals surface area contributed by atoms with Crippen LogP contribution in [0.15, 0.2) is 87.0 Å². The summed E-state index contributed by atoms with van der Waals surface area (Å²) in [5, 5.41) is 0. The van der Waals surface area contributed by atoms with Crippen LogP contribution in [0.4, 0.5) is 13.2 Å². The Morgan fingerprint density at radius 1 is 0.800 bits per heavy atom. The minimum atomic E-state index is -4.75. The van der Waals surface area contributed by atoms with Crippen LogP contribution >= 0.6 is 0 Å². The number of carbonyl (C=O) groups is 1. The van der Waals surface area contributed by atoms with Gasteiger partial charge in [-0.05, 0) is 93.6 Å². The Morgan fingerprint density at radius 3 is 1.91 bits per heavy atom. The number of Topliss-reactive ketones (excluding diaryl/α,β-unsaturated/α-hetero) is 1. The standard InChI is InChI=1S/C33H34F3NO6S2/c1-21-16-22(2)31(23(3)17-21)45(41,42)37(32(5,6)29-14-15-30(43-29)33(34,35)36)19-25-10-12-26(13-11-25)27-8-7-9-28(18-27)44(39,40)20-24(4)38/h7-18H,19-20H2,1-6H3. The topological polar surface area (TPSA) is 102 Å². The van der Waals surface area contributed by atoms with E-state index in [-0.39, 0.29) is 22.1 Å². The summed E-state index contributed by atoms with van der Waals surface area (Å²) in [5.41, 5.74) is 2.04. The largest absolute Gasteiger partial charge is 0.455 e. The number of benzene rings is 3. The van der Waals surface area contributed by atoms with Crippen LogP contribution in [0.2, 0.25) is 0 Å². The van der Waals surface area contributed by atoms with Gasteiger partial charge in [0.2, 0.25) is 15.8 Å². The second-order valence-corrected chi connectivity index (χ2v) is 15.4. The van der Waals surface area contributed by atoms with E-state index in [0.29, 0.717) is 27.8 Å². The number of ketones is 1. The average Bonchev–Trinajstić information content (AvgIpc) is 3.43. The number of sulfone groups is 1. The average molecular weight is 662 g/mol. The van der Waals surface area contributed by atoms with E-state index in [1.54, 1.807) is 62.4 Å². The molecule has 240 valence electrons. The van der Waals surface area contributed by atoms with Gasteiger partial charge in [-0.15, -0.1) is 0 Å². The molecule has 7 nitrogen and oxygen atoms in total. The molecule has 0 unspecified atom stereocenters. The maximum Gasteiger partial charge on any atom is 0.449 e. The number of aryl methyl sites for hydroxylation is 3. The Balaban J connectivity index is 1.77. The smallest absolute Gasteiger partial charge is 0.449 e. The van der Waals surface area contributed by atoms with Crippen LogP contribution in [0.1, 0.15) is 54.5 Å². The first kappa shape index (κ1) is 34.1. The van der Waals surface area contributed by atoms with Crippen molar-refractivity contribution in [2.75, 3.05) is 5.75 Å². The number of hydrogen-bond donors (Lipinski definition) is 0. The summed E-state index contributed by atoms with van der Waals surface area (Å²) in [6.45, 7) is 9.16. The maximum atomic E-state index is 14.4. The Kier molecular flexibility index (Phi) is 9.27. The summed E-state index contributed by atoms with van der Waals surface area (Å²) in [6, 6.07) is 18.3.